The summed E-state index contributed by atoms with van der Waals surface area (Å²) in [6.45, 7) is 8.95. The van der Waals surface area contributed by atoms with Gasteiger partial charge < -0.3 is 14.6 Å². The van der Waals surface area contributed by atoms with Gasteiger partial charge >= 0.3 is 0 Å². The molecule has 110 valence electrons. The van der Waals surface area contributed by atoms with Gasteiger partial charge in [0.2, 0.25) is 0 Å². The molecule has 1 heterocycles. The number of allylic oxidation sites excluding steroid dienone is 2. The van der Waals surface area contributed by atoms with Gasteiger partial charge in [-0.1, -0.05) is 24.3 Å². The van der Waals surface area contributed by atoms with Gasteiger partial charge in [-0.2, -0.15) is 0 Å². The fraction of sp³-hybridized carbons (Fsp3) is 0.647. The SMILES string of the molecule is C=CC[C@H](O)[C@H]1C[C@H]2C=C[C@]1(CC=C)C1(C2)OCCO1. The van der Waals surface area contributed by atoms with Gasteiger partial charge in [-0.25, -0.2) is 0 Å². The van der Waals surface area contributed by atoms with Crippen LogP contribution in [0, 0.1) is 17.3 Å². The topological polar surface area (TPSA) is 38.7 Å². The molecule has 1 saturated heterocycles. The lowest BCUT2D eigenvalue weighted by Gasteiger charge is -2.58. The highest BCUT2D eigenvalue weighted by atomic mass is 16.7. The Morgan fingerprint density at radius 3 is 2.70 bits per heavy atom. The van der Waals surface area contributed by atoms with Crippen LogP contribution in [0.25, 0.3) is 0 Å². The Balaban J connectivity index is 2.01. The molecule has 20 heavy (non-hydrogen) atoms. The Kier molecular flexibility index (Phi) is 3.61. The van der Waals surface area contributed by atoms with Crippen molar-refractivity contribution in [2.75, 3.05) is 13.2 Å². The van der Waals surface area contributed by atoms with Crippen molar-refractivity contribution < 1.29 is 14.6 Å². The van der Waals surface area contributed by atoms with Crippen molar-refractivity contribution in [2.45, 2.75) is 37.6 Å². The molecule has 1 spiro atoms. The lowest BCUT2D eigenvalue weighted by Crippen LogP contribution is -2.61. The monoisotopic (exact) mass is 276 g/mol. The van der Waals surface area contributed by atoms with Gasteiger partial charge in [0.25, 0.3) is 0 Å². The summed E-state index contributed by atoms with van der Waals surface area (Å²) in [5.74, 6) is 0.00989. The molecule has 2 fully saturated rings. The molecule has 4 rings (SSSR count). The van der Waals surface area contributed by atoms with Gasteiger partial charge in [0.15, 0.2) is 5.79 Å². The molecular weight excluding hydrogens is 252 g/mol. The van der Waals surface area contributed by atoms with Crippen molar-refractivity contribution in [3.05, 3.63) is 37.5 Å². The van der Waals surface area contributed by atoms with E-state index in [-0.39, 0.29) is 11.3 Å². The number of hydrogen-bond acceptors (Lipinski definition) is 3. The van der Waals surface area contributed by atoms with Crippen LogP contribution in [0.1, 0.15) is 25.7 Å². The summed E-state index contributed by atoms with van der Waals surface area (Å²) in [5.41, 5.74) is -0.289. The summed E-state index contributed by atoms with van der Waals surface area (Å²) in [7, 11) is 0. The molecule has 0 aromatic rings. The van der Waals surface area contributed by atoms with Crippen LogP contribution < -0.4 is 0 Å². The molecule has 0 radical (unpaired) electrons. The first-order valence-electron chi connectivity index (χ1n) is 7.54. The van der Waals surface area contributed by atoms with E-state index in [1.165, 1.54) is 0 Å². The zero-order valence-electron chi connectivity index (χ0n) is 12.0. The summed E-state index contributed by atoms with van der Waals surface area (Å²) in [4.78, 5) is 0. The third-order valence-corrected chi connectivity index (χ3v) is 5.23. The van der Waals surface area contributed by atoms with Crippen LogP contribution in [0.4, 0.5) is 0 Å². The first-order valence-corrected chi connectivity index (χ1v) is 7.54. The van der Waals surface area contributed by atoms with E-state index in [2.05, 4.69) is 25.3 Å². The maximum absolute atomic E-state index is 10.6. The predicted molar refractivity (Wildman–Crippen MR) is 78.1 cm³/mol. The average molecular weight is 276 g/mol. The van der Waals surface area contributed by atoms with Crippen LogP contribution in [0.15, 0.2) is 37.5 Å². The molecule has 0 aromatic heterocycles. The predicted octanol–water partition coefficient (Wildman–Crippen LogP) is 2.83. The third kappa shape index (κ3) is 1.84. The molecule has 1 saturated carbocycles. The fourth-order valence-corrected chi connectivity index (χ4v) is 4.43. The van der Waals surface area contributed by atoms with Crippen LogP contribution in [-0.2, 0) is 9.47 Å². The number of ether oxygens (including phenoxy) is 2. The summed E-state index contributed by atoms with van der Waals surface area (Å²) in [6, 6.07) is 0. The number of hydrogen-bond donors (Lipinski definition) is 1. The van der Waals surface area contributed by atoms with E-state index in [9.17, 15) is 5.11 Å². The largest absolute Gasteiger partial charge is 0.392 e. The summed E-state index contributed by atoms with van der Waals surface area (Å²) >= 11 is 0. The summed E-state index contributed by atoms with van der Waals surface area (Å²) < 4.78 is 12.1. The molecule has 4 aliphatic rings. The Hall–Kier alpha value is -0.900. The second-order valence-electron chi connectivity index (χ2n) is 6.24. The van der Waals surface area contributed by atoms with Crippen molar-refractivity contribution in [2.24, 2.45) is 17.3 Å². The molecular formula is C17H24O3. The van der Waals surface area contributed by atoms with E-state index in [0.717, 1.165) is 19.3 Å². The number of aliphatic hydroxyl groups is 1. The zero-order valence-corrected chi connectivity index (χ0v) is 12.0. The zero-order chi connectivity index (χ0) is 14.2. The van der Waals surface area contributed by atoms with Gasteiger partial charge in [0, 0.05) is 12.3 Å². The lowest BCUT2D eigenvalue weighted by molar-refractivity contribution is -0.277. The van der Waals surface area contributed by atoms with E-state index >= 15 is 0 Å². The molecule has 1 aliphatic heterocycles. The molecule has 0 amide bonds. The molecule has 0 unspecified atom stereocenters. The van der Waals surface area contributed by atoms with E-state index in [1.807, 2.05) is 6.08 Å². The van der Waals surface area contributed by atoms with Crippen molar-refractivity contribution in [1.29, 1.82) is 0 Å². The van der Waals surface area contributed by atoms with Crippen LogP contribution in [-0.4, -0.2) is 30.2 Å². The highest BCUT2D eigenvalue weighted by molar-refractivity contribution is 5.24. The maximum Gasteiger partial charge on any atom is 0.178 e. The summed E-state index contributed by atoms with van der Waals surface area (Å²) in [6.07, 6.45) is 11.1. The summed E-state index contributed by atoms with van der Waals surface area (Å²) in [5, 5.41) is 10.6. The molecule has 4 atom stereocenters. The van der Waals surface area contributed by atoms with E-state index in [4.69, 9.17) is 9.47 Å². The highest BCUT2D eigenvalue weighted by Crippen LogP contribution is 2.61. The van der Waals surface area contributed by atoms with E-state index in [0.29, 0.717) is 25.6 Å². The van der Waals surface area contributed by atoms with E-state index < -0.39 is 11.9 Å². The first kappa shape index (κ1) is 14.1. The second kappa shape index (κ2) is 5.14. The van der Waals surface area contributed by atoms with Crippen LogP contribution >= 0.6 is 0 Å². The van der Waals surface area contributed by atoms with Crippen molar-refractivity contribution in [3.8, 4) is 0 Å². The number of aliphatic hydroxyl groups excluding tert-OH is 1. The molecule has 1 N–H and O–H groups in total. The minimum atomic E-state index is -0.564. The van der Waals surface area contributed by atoms with Crippen molar-refractivity contribution >= 4 is 0 Å². The standard InChI is InChI=1S/C17H24O3/c1-3-5-15(18)14-11-13-6-8-16(14,7-4-2)17(12-13)19-9-10-20-17/h3-4,6,8,13-15,18H,1-2,5,7,9-12H2/t13-,14-,15+,16+/m1/s1. The first-order chi connectivity index (χ1) is 9.67. The molecule has 3 heteroatoms. The van der Waals surface area contributed by atoms with Crippen LogP contribution in [0.2, 0.25) is 0 Å². The smallest absolute Gasteiger partial charge is 0.178 e. The minimum absolute atomic E-state index is 0.139. The van der Waals surface area contributed by atoms with Gasteiger partial charge in [-0.3, -0.25) is 0 Å². The highest BCUT2D eigenvalue weighted by Gasteiger charge is 2.64. The number of rotatable bonds is 5. The van der Waals surface area contributed by atoms with Crippen LogP contribution in [0.5, 0.6) is 0 Å². The minimum Gasteiger partial charge on any atom is -0.392 e. The Labute approximate surface area is 121 Å². The Morgan fingerprint density at radius 2 is 2.05 bits per heavy atom. The van der Waals surface area contributed by atoms with Crippen LogP contribution in [0.3, 0.4) is 0 Å². The van der Waals surface area contributed by atoms with Gasteiger partial charge in [0.05, 0.1) is 24.7 Å². The lowest BCUT2D eigenvalue weighted by atomic mass is 9.52. The Bertz CT molecular complexity index is 422. The van der Waals surface area contributed by atoms with Gasteiger partial charge in [-0.15, -0.1) is 13.2 Å². The third-order valence-electron chi connectivity index (χ3n) is 5.23. The second-order valence-corrected chi connectivity index (χ2v) is 6.24. The molecule has 0 aromatic carbocycles. The van der Waals surface area contributed by atoms with Gasteiger partial charge in [0.1, 0.15) is 0 Å². The van der Waals surface area contributed by atoms with E-state index in [1.54, 1.807) is 6.08 Å². The van der Waals surface area contributed by atoms with Gasteiger partial charge in [-0.05, 0) is 25.2 Å². The Morgan fingerprint density at radius 1 is 1.30 bits per heavy atom. The average Bonchev–Trinajstić information content (AvgIpc) is 2.89. The normalized spacial score (nSPS) is 39.0. The van der Waals surface area contributed by atoms with Crippen molar-refractivity contribution in [1.82, 2.24) is 0 Å². The molecule has 3 aliphatic carbocycles. The quantitative estimate of drug-likeness (QED) is 0.785. The van der Waals surface area contributed by atoms with Crippen molar-refractivity contribution in [3.63, 3.8) is 0 Å². The number of fused-ring (bicyclic) bond motifs is 1. The fourth-order valence-electron chi connectivity index (χ4n) is 4.43. The molecule has 3 nitrogen and oxygen atoms in total. The maximum atomic E-state index is 10.6. The molecule has 2 bridgehead atoms.